The molecule has 1 aliphatic rings. The molecule has 0 nitrogen and oxygen atoms in total. The SMILES string of the molecule is CC=CC(=CC)C1=CCCC=CC1. The van der Waals surface area contributed by atoms with Crippen molar-refractivity contribution in [1.29, 1.82) is 0 Å². The summed E-state index contributed by atoms with van der Waals surface area (Å²) in [7, 11) is 0. The van der Waals surface area contributed by atoms with Crippen LogP contribution in [0.25, 0.3) is 0 Å². The van der Waals surface area contributed by atoms with E-state index in [9.17, 15) is 0 Å². The van der Waals surface area contributed by atoms with Crippen LogP contribution in [0.15, 0.2) is 47.6 Å². The third-order valence-corrected chi connectivity index (χ3v) is 2.26. The summed E-state index contributed by atoms with van der Waals surface area (Å²) in [5.74, 6) is 0. The monoisotopic (exact) mass is 174 g/mol. The molecule has 0 fully saturated rings. The first-order valence-corrected chi connectivity index (χ1v) is 5.02. The molecule has 1 aliphatic carbocycles. The van der Waals surface area contributed by atoms with Crippen LogP contribution in [0.2, 0.25) is 0 Å². The molecule has 0 spiro atoms. The summed E-state index contributed by atoms with van der Waals surface area (Å²) < 4.78 is 0. The average Bonchev–Trinajstić information content (AvgIpc) is 2.42. The van der Waals surface area contributed by atoms with E-state index in [1.807, 2.05) is 0 Å². The largest absolute Gasteiger partial charge is 0.0879 e. The second-order valence-corrected chi connectivity index (χ2v) is 3.23. The molecule has 0 bridgehead atoms. The summed E-state index contributed by atoms with van der Waals surface area (Å²) in [5, 5.41) is 0. The van der Waals surface area contributed by atoms with Crippen LogP contribution in [0.5, 0.6) is 0 Å². The molecule has 0 aromatic carbocycles. The summed E-state index contributed by atoms with van der Waals surface area (Å²) in [6, 6.07) is 0. The van der Waals surface area contributed by atoms with Gasteiger partial charge < -0.3 is 0 Å². The molecule has 0 amide bonds. The van der Waals surface area contributed by atoms with E-state index < -0.39 is 0 Å². The van der Waals surface area contributed by atoms with Gasteiger partial charge in [0.2, 0.25) is 0 Å². The van der Waals surface area contributed by atoms with Gasteiger partial charge in [0, 0.05) is 0 Å². The fraction of sp³-hybridized carbons (Fsp3) is 0.385. The molecule has 70 valence electrons. The summed E-state index contributed by atoms with van der Waals surface area (Å²) in [4.78, 5) is 0. The maximum Gasteiger partial charge on any atom is -0.00948 e. The lowest BCUT2D eigenvalue weighted by molar-refractivity contribution is 1.05. The van der Waals surface area contributed by atoms with Crippen LogP contribution in [0, 0.1) is 0 Å². The quantitative estimate of drug-likeness (QED) is 0.435. The van der Waals surface area contributed by atoms with E-state index >= 15 is 0 Å². The summed E-state index contributed by atoms with van der Waals surface area (Å²) in [6.45, 7) is 4.17. The van der Waals surface area contributed by atoms with Crippen molar-refractivity contribution in [3.05, 3.63) is 47.6 Å². The van der Waals surface area contributed by atoms with Crippen molar-refractivity contribution in [1.82, 2.24) is 0 Å². The Balaban J connectivity index is 2.78. The van der Waals surface area contributed by atoms with Crippen LogP contribution >= 0.6 is 0 Å². The van der Waals surface area contributed by atoms with E-state index in [0.29, 0.717) is 0 Å². The Hall–Kier alpha value is -1.04. The molecule has 0 heterocycles. The van der Waals surface area contributed by atoms with Gasteiger partial charge in [0.05, 0.1) is 0 Å². The highest BCUT2D eigenvalue weighted by Crippen LogP contribution is 2.20. The van der Waals surface area contributed by atoms with Crippen molar-refractivity contribution in [2.75, 3.05) is 0 Å². The van der Waals surface area contributed by atoms with Crippen LogP contribution < -0.4 is 0 Å². The van der Waals surface area contributed by atoms with Gasteiger partial charge in [-0.3, -0.25) is 0 Å². The van der Waals surface area contributed by atoms with E-state index in [0.717, 1.165) is 6.42 Å². The minimum absolute atomic E-state index is 1.09. The van der Waals surface area contributed by atoms with Crippen molar-refractivity contribution >= 4 is 0 Å². The predicted molar refractivity (Wildman–Crippen MR) is 59.6 cm³/mol. The molecule has 0 aromatic rings. The molecule has 0 saturated heterocycles. The number of rotatable bonds is 2. The van der Waals surface area contributed by atoms with Gasteiger partial charge in [-0.05, 0) is 44.3 Å². The van der Waals surface area contributed by atoms with Gasteiger partial charge in [-0.25, -0.2) is 0 Å². The molecule has 0 atom stereocenters. The van der Waals surface area contributed by atoms with Crippen LogP contribution in [-0.4, -0.2) is 0 Å². The second-order valence-electron chi connectivity index (χ2n) is 3.23. The third kappa shape index (κ3) is 3.06. The van der Waals surface area contributed by atoms with Gasteiger partial charge in [0.15, 0.2) is 0 Å². The zero-order chi connectivity index (χ0) is 9.52. The molecule has 0 heteroatoms. The third-order valence-electron chi connectivity index (χ3n) is 2.26. The van der Waals surface area contributed by atoms with E-state index in [1.165, 1.54) is 24.0 Å². The second kappa shape index (κ2) is 5.58. The van der Waals surface area contributed by atoms with E-state index in [4.69, 9.17) is 0 Å². The van der Waals surface area contributed by atoms with Crippen molar-refractivity contribution in [3.8, 4) is 0 Å². The molecule has 0 aromatic heterocycles. The molecule has 0 radical (unpaired) electrons. The molecule has 0 N–H and O–H groups in total. The molecular weight excluding hydrogens is 156 g/mol. The lowest BCUT2D eigenvalue weighted by Crippen LogP contribution is -1.84. The van der Waals surface area contributed by atoms with Gasteiger partial charge in [0.25, 0.3) is 0 Å². The fourth-order valence-corrected chi connectivity index (χ4v) is 1.57. The average molecular weight is 174 g/mol. The molecule has 0 saturated carbocycles. The molecular formula is C13H18. The summed E-state index contributed by atoms with van der Waals surface area (Å²) in [6.07, 6.45) is 16.8. The highest BCUT2D eigenvalue weighted by atomic mass is 14.1. The first-order valence-electron chi connectivity index (χ1n) is 5.02. The lowest BCUT2D eigenvalue weighted by Gasteiger charge is -2.04. The molecule has 1 rings (SSSR count). The van der Waals surface area contributed by atoms with Crippen molar-refractivity contribution in [2.45, 2.75) is 33.1 Å². The van der Waals surface area contributed by atoms with Gasteiger partial charge in [-0.15, -0.1) is 0 Å². The maximum atomic E-state index is 2.36. The zero-order valence-corrected chi connectivity index (χ0v) is 8.59. The normalized spacial score (nSPS) is 18.9. The Labute approximate surface area is 81.4 Å². The van der Waals surface area contributed by atoms with E-state index in [2.05, 4.69) is 50.3 Å². The predicted octanol–water partition coefficient (Wildman–Crippen LogP) is 4.18. The zero-order valence-electron chi connectivity index (χ0n) is 8.59. The number of hydrogen-bond donors (Lipinski definition) is 0. The minimum Gasteiger partial charge on any atom is -0.0879 e. The van der Waals surface area contributed by atoms with Crippen LogP contribution in [0.3, 0.4) is 0 Å². The Morgan fingerprint density at radius 3 is 2.77 bits per heavy atom. The van der Waals surface area contributed by atoms with Gasteiger partial charge in [0.1, 0.15) is 0 Å². The molecule has 0 aliphatic heterocycles. The lowest BCUT2D eigenvalue weighted by atomic mass is 10.0. The minimum atomic E-state index is 1.09. The smallest absolute Gasteiger partial charge is 0.00948 e. The number of allylic oxidation sites excluding steroid dienone is 8. The topological polar surface area (TPSA) is 0 Å². The highest BCUT2D eigenvalue weighted by molar-refractivity contribution is 5.40. The van der Waals surface area contributed by atoms with Crippen molar-refractivity contribution in [2.24, 2.45) is 0 Å². The van der Waals surface area contributed by atoms with Gasteiger partial charge >= 0.3 is 0 Å². The van der Waals surface area contributed by atoms with Gasteiger partial charge in [-0.1, -0.05) is 36.5 Å². The Bertz CT molecular complexity index is 262. The van der Waals surface area contributed by atoms with Crippen molar-refractivity contribution < 1.29 is 0 Å². The fourth-order valence-electron chi connectivity index (χ4n) is 1.57. The number of hydrogen-bond acceptors (Lipinski definition) is 0. The summed E-state index contributed by atoms with van der Waals surface area (Å²) in [5.41, 5.74) is 2.84. The van der Waals surface area contributed by atoms with Crippen LogP contribution in [0.1, 0.15) is 33.1 Å². The maximum absolute atomic E-state index is 2.36. The van der Waals surface area contributed by atoms with E-state index in [1.54, 1.807) is 0 Å². The highest BCUT2D eigenvalue weighted by Gasteiger charge is 2.00. The van der Waals surface area contributed by atoms with E-state index in [-0.39, 0.29) is 0 Å². The molecule has 0 unspecified atom stereocenters. The van der Waals surface area contributed by atoms with Crippen molar-refractivity contribution in [3.63, 3.8) is 0 Å². The van der Waals surface area contributed by atoms with Gasteiger partial charge in [-0.2, -0.15) is 0 Å². The first-order chi connectivity index (χ1) is 6.38. The Morgan fingerprint density at radius 2 is 2.08 bits per heavy atom. The Morgan fingerprint density at radius 1 is 1.23 bits per heavy atom. The van der Waals surface area contributed by atoms with Crippen LogP contribution in [0.4, 0.5) is 0 Å². The summed E-state index contributed by atoms with van der Waals surface area (Å²) >= 11 is 0. The first kappa shape index (κ1) is 10.0. The molecule has 13 heavy (non-hydrogen) atoms. The standard InChI is InChI=1S/C13H18/c1-3-9-12(4-2)13-10-7-5-6-8-11-13/h3-5,7,9,11H,6,8,10H2,1-2H3. The Kier molecular flexibility index (Phi) is 4.31. The van der Waals surface area contributed by atoms with Crippen LogP contribution in [-0.2, 0) is 0 Å².